The normalized spacial score (nSPS) is 11.9. The number of halogens is 1. The molecule has 152 valence electrons. The second-order valence-electron chi connectivity index (χ2n) is 6.70. The van der Waals surface area contributed by atoms with Crippen molar-refractivity contribution in [3.05, 3.63) is 63.9 Å². The summed E-state index contributed by atoms with van der Waals surface area (Å²) in [5.74, 6) is 1.63. The molecule has 0 radical (unpaired) electrons. The molecule has 0 aliphatic heterocycles. The minimum atomic E-state index is -0.271. The van der Waals surface area contributed by atoms with Crippen LogP contribution >= 0.6 is 27.7 Å². The van der Waals surface area contributed by atoms with Crippen molar-refractivity contribution in [3.63, 3.8) is 0 Å². The molecule has 0 aliphatic carbocycles. The number of amides is 1. The number of hydrogen-bond donors (Lipinski definition) is 1. The van der Waals surface area contributed by atoms with Gasteiger partial charge in [-0.1, -0.05) is 39.8 Å². The highest BCUT2D eigenvalue weighted by Gasteiger charge is 2.18. The largest absolute Gasteiger partial charge is 0.483 e. The van der Waals surface area contributed by atoms with Gasteiger partial charge in [0.15, 0.2) is 17.1 Å². The lowest BCUT2D eigenvalue weighted by Crippen LogP contribution is -2.15. The van der Waals surface area contributed by atoms with Gasteiger partial charge in [-0.25, -0.2) is 0 Å². The molecule has 1 unspecified atom stereocenters. The van der Waals surface area contributed by atoms with Gasteiger partial charge in [-0.2, -0.15) is 0 Å². The summed E-state index contributed by atoms with van der Waals surface area (Å²) < 4.78 is 8.80. The zero-order valence-corrected chi connectivity index (χ0v) is 19.2. The summed E-state index contributed by atoms with van der Waals surface area (Å²) in [7, 11) is 1.88. The predicted octanol–water partition coefficient (Wildman–Crippen LogP) is 5.07. The van der Waals surface area contributed by atoms with E-state index < -0.39 is 0 Å². The number of hydrogen-bond acceptors (Lipinski definition) is 5. The number of carbonyl (C=O) groups is 1. The first-order chi connectivity index (χ1) is 13.8. The minimum absolute atomic E-state index is 0.0765. The van der Waals surface area contributed by atoms with Crippen LogP contribution in [0, 0.1) is 13.8 Å². The maximum atomic E-state index is 12.4. The van der Waals surface area contributed by atoms with Gasteiger partial charge in [0, 0.05) is 17.2 Å². The van der Waals surface area contributed by atoms with Gasteiger partial charge < -0.3 is 14.6 Å². The van der Waals surface area contributed by atoms with E-state index in [2.05, 4.69) is 31.4 Å². The number of nitrogens with zero attached hydrogens (tertiary/aromatic N) is 3. The first-order valence-corrected chi connectivity index (χ1v) is 10.9. The Kier molecular flexibility index (Phi) is 6.97. The summed E-state index contributed by atoms with van der Waals surface area (Å²) in [5, 5.41) is 12.1. The molecule has 1 amide bonds. The number of benzene rings is 2. The van der Waals surface area contributed by atoms with Crippen molar-refractivity contribution < 1.29 is 9.53 Å². The highest BCUT2D eigenvalue weighted by molar-refractivity contribution is 9.10. The SMILES string of the molecule is Cc1cccc(NC(=O)CSc2nnc(C(C)Oc3ccc(Br)cc3)n2C)c1C. The van der Waals surface area contributed by atoms with Gasteiger partial charge >= 0.3 is 0 Å². The van der Waals surface area contributed by atoms with E-state index >= 15 is 0 Å². The quantitative estimate of drug-likeness (QED) is 0.484. The van der Waals surface area contributed by atoms with E-state index in [0.717, 1.165) is 27.0 Å². The second-order valence-corrected chi connectivity index (χ2v) is 8.56. The van der Waals surface area contributed by atoms with Crippen LogP contribution in [0.5, 0.6) is 5.75 Å². The fourth-order valence-corrected chi connectivity index (χ4v) is 3.76. The second kappa shape index (κ2) is 9.45. The smallest absolute Gasteiger partial charge is 0.234 e. The first-order valence-electron chi connectivity index (χ1n) is 9.15. The molecule has 6 nitrogen and oxygen atoms in total. The average Bonchev–Trinajstić information content (AvgIpc) is 3.06. The van der Waals surface area contributed by atoms with Crippen molar-refractivity contribution in [3.8, 4) is 5.75 Å². The molecule has 8 heteroatoms. The summed E-state index contributed by atoms with van der Waals surface area (Å²) in [6.45, 7) is 5.95. The van der Waals surface area contributed by atoms with Gasteiger partial charge in [-0.15, -0.1) is 10.2 Å². The highest BCUT2D eigenvalue weighted by atomic mass is 79.9. The molecule has 1 N–H and O–H groups in total. The summed E-state index contributed by atoms with van der Waals surface area (Å²) in [4.78, 5) is 12.4. The molecule has 0 aliphatic rings. The zero-order valence-electron chi connectivity index (χ0n) is 16.8. The first kappa shape index (κ1) is 21.4. The van der Waals surface area contributed by atoms with Crippen LogP contribution in [-0.2, 0) is 11.8 Å². The minimum Gasteiger partial charge on any atom is -0.483 e. The molecule has 3 aromatic rings. The molecule has 0 saturated carbocycles. The summed E-state index contributed by atoms with van der Waals surface area (Å²) >= 11 is 4.76. The van der Waals surface area contributed by atoms with Crippen LogP contribution in [0.1, 0.15) is 30.0 Å². The number of carbonyl (C=O) groups excluding carboxylic acids is 1. The Balaban J connectivity index is 1.59. The number of aromatic nitrogens is 3. The van der Waals surface area contributed by atoms with Gasteiger partial charge in [0.05, 0.1) is 5.75 Å². The molecule has 3 rings (SSSR count). The van der Waals surface area contributed by atoms with Crippen molar-refractivity contribution in [1.29, 1.82) is 0 Å². The number of thioether (sulfide) groups is 1. The lowest BCUT2D eigenvalue weighted by atomic mass is 10.1. The van der Waals surface area contributed by atoms with Gasteiger partial charge in [0.2, 0.25) is 5.91 Å². The summed E-state index contributed by atoms with van der Waals surface area (Å²) in [6, 6.07) is 13.5. The fraction of sp³-hybridized carbons (Fsp3) is 0.286. The predicted molar refractivity (Wildman–Crippen MR) is 119 cm³/mol. The maximum Gasteiger partial charge on any atom is 0.234 e. The van der Waals surface area contributed by atoms with Crippen molar-refractivity contribution in [2.24, 2.45) is 7.05 Å². The van der Waals surface area contributed by atoms with Crippen LogP contribution in [-0.4, -0.2) is 26.4 Å². The number of rotatable bonds is 7. The highest BCUT2D eigenvalue weighted by Crippen LogP contribution is 2.25. The molecule has 0 saturated heterocycles. The Morgan fingerprint density at radius 3 is 2.66 bits per heavy atom. The van der Waals surface area contributed by atoms with Gasteiger partial charge in [-0.3, -0.25) is 4.79 Å². The van der Waals surface area contributed by atoms with E-state index in [1.807, 2.05) is 74.9 Å². The number of ether oxygens (including phenoxy) is 1. The van der Waals surface area contributed by atoms with E-state index in [1.54, 1.807) is 0 Å². The van der Waals surface area contributed by atoms with Crippen molar-refractivity contribution in [2.45, 2.75) is 32.0 Å². The van der Waals surface area contributed by atoms with Gasteiger partial charge in [0.1, 0.15) is 5.75 Å². The van der Waals surface area contributed by atoms with Crippen LogP contribution in [0.2, 0.25) is 0 Å². The molecule has 0 bridgehead atoms. The van der Waals surface area contributed by atoms with E-state index in [-0.39, 0.29) is 17.8 Å². The third-order valence-corrected chi connectivity index (χ3v) is 6.12. The Bertz CT molecular complexity index is 1000. The Labute approximate surface area is 183 Å². The van der Waals surface area contributed by atoms with E-state index in [4.69, 9.17) is 4.74 Å². The lowest BCUT2D eigenvalue weighted by Gasteiger charge is -2.14. The standard InChI is InChI=1S/C21H23BrN4O2S/c1-13-6-5-7-18(14(13)2)23-19(27)12-29-21-25-24-20(26(21)4)15(3)28-17-10-8-16(22)9-11-17/h5-11,15H,12H2,1-4H3,(H,23,27). The van der Waals surface area contributed by atoms with E-state index in [9.17, 15) is 4.79 Å². The Hall–Kier alpha value is -2.32. The van der Waals surface area contributed by atoms with Crippen LogP contribution in [0.15, 0.2) is 52.1 Å². The topological polar surface area (TPSA) is 69.0 Å². The molecule has 1 heterocycles. The number of anilines is 1. The van der Waals surface area contributed by atoms with Gasteiger partial charge in [-0.05, 0) is 62.2 Å². The Morgan fingerprint density at radius 2 is 1.93 bits per heavy atom. The zero-order chi connectivity index (χ0) is 21.0. The molecular weight excluding hydrogens is 452 g/mol. The van der Waals surface area contributed by atoms with Gasteiger partial charge in [0.25, 0.3) is 0 Å². The molecular formula is C21H23BrN4O2S. The number of nitrogens with one attached hydrogen (secondary N) is 1. The molecule has 0 spiro atoms. The molecule has 29 heavy (non-hydrogen) atoms. The summed E-state index contributed by atoms with van der Waals surface area (Å²) in [5.41, 5.74) is 3.06. The molecule has 2 aromatic carbocycles. The molecule has 1 aromatic heterocycles. The van der Waals surface area contributed by atoms with Crippen molar-refractivity contribution >= 4 is 39.3 Å². The molecule has 0 fully saturated rings. The van der Waals surface area contributed by atoms with Crippen molar-refractivity contribution in [2.75, 3.05) is 11.1 Å². The van der Waals surface area contributed by atoms with Crippen LogP contribution < -0.4 is 10.1 Å². The molecule has 1 atom stereocenters. The van der Waals surface area contributed by atoms with E-state index in [0.29, 0.717) is 11.0 Å². The third kappa shape index (κ3) is 5.39. The number of aryl methyl sites for hydroxylation is 1. The third-order valence-electron chi connectivity index (χ3n) is 4.57. The van der Waals surface area contributed by atoms with Crippen LogP contribution in [0.3, 0.4) is 0 Å². The van der Waals surface area contributed by atoms with Crippen LogP contribution in [0.4, 0.5) is 5.69 Å². The summed E-state index contributed by atoms with van der Waals surface area (Å²) in [6.07, 6.45) is -0.271. The van der Waals surface area contributed by atoms with Crippen molar-refractivity contribution in [1.82, 2.24) is 14.8 Å². The monoisotopic (exact) mass is 474 g/mol. The Morgan fingerprint density at radius 1 is 1.21 bits per heavy atom. The lowest BCUT2D eigenvalue weighted by molar-refractivity contribution is -0.113. The van der Waals surface area contributed by atoms with E-state index in [1.165, 1.54) is 11.8 Å². The average molecular weight is 475 g/mol. The maximum absolute atomic E-state index is 12.4. The fourth-order valence-electron chi connectivity index (χ4n) is 2.78. The van der Waals surface area contributed by atoms with Crippen LogP contribution in [0.25, 0.3) is 0 Å².